The molecule has 0 saturated carbocycles. The molecule has 1 atom stereocenters. The van der Waals surface area contributed by atoms with E-state index in [1.807, 2.05) is 48.7 Å². The number of esters is 1. The number of carbonyl (C=O) groups excluding carboxylic acids is 1. The molecule has 8 heteroatoms. The number of nitrogens with one attached hydrogen (secondary N) is 1. The molecule has 1 N–H and O–H groups in total. The minimum atomic E-state index is -0.366. The standard InChI is InChI=1S/C28H28FN3O4/c1-4-27(33)36-26-16-35-25-14-20(10-11-21(25)26)30-15-18-7-6-8-23(17(18)3)32-24-13-19(29)9-12-22(24)31-28(32)34-5-2/h6-14,26,30H,4-5,15-16H2,1-3H3/t26-/m1/s1. The quantitative estimate of drug-likeness (QED) is 0.312. The van der Waals surface area contributed by atoms with E-state index in [9.17, 15) is 9.18 Å². The van der Waals surface area contributed by atoms with Gasteiger partial charge in [-0.05, 0) is 55.3 Å². The van der Waals surface area contributed by atoms with Crippen LogP contribution in [0, 0.1) is 12.7 Å². The van der Waals surface area contributed by atoms with Crippen molar-refractivity contribution in [2.75, 3.05) is 18.5 Å². The Hall–Kier alpha value is -4.07. The Labute approximate surface area is 208 Å². The first-order chi connectivity index (χ1) is 17.5. The largest absolute Gasteiger partial charge is 0.489 e. The molecule has 36 heavy (non-hydrogen) atoms. The summed E-state index contributed by atoms with van der Waals surface area (Å²) in [6.07, 6.45) is -0.0328. The lowest BCUT2D eigenvalue weighted by Gasteiger charge is -2.16. The molecule has 0 saturated heterocycles. The predicted octanol–water partition coefficient (Wildman–Crippen LogP) is 5.87. The van der Waals surface area contributed by atoms with Crippen molar-refractivity contribution in [3.05, 3.63) is 77.1 Å². The molecule has 0 unspecified atom stereocenters. The molecular formula is C28H28FN3O4. The average molecular weight is 490 g/mol. The van der Waals surface area contributed by atoms with E-state index in [-0.39, 0.29) is 17.9 Å². The van der Waals surface area contributed by atoms with Crippen LogP contribution < -0.4 is 14.8 Å². The van der Waals surface area contributed by atoms with Crippen LogP contribution in [0.25, 0.3) is 16.7 Å². The molecule has 1 aliphatic heterocycles. The fourth-order valence-electron chi connectivity index (χ4n) is 4.42. The van der Waals surface area contributed by atoms with Gasteiger partial charge in [0.1, 0.15) is 18.2 Å². The topological polar surface area (TPSA) is 74.6 Å². The summed E-state index contributed by atoms with van der Waals surface area (Å²) in [6, 6.07) is 16.8. The van der Waals surface area contributed by atoms with Gasteiger partial charge in [-0.2, -0.15) is 4.98 Å². The number of fused-ring (bicyclic) bond motifs is 2. The summed E-state index contributed by atoms with van der Waals surface area (Å²) >= 11 is 0. The first-order valence-electron chi connectivity index (χ1n) is 12.1. The molecule has 7 nitrogen and oxygen atoms in total. The van der Waals surface area contributed by atoms with Gasteiger partial charge in [0.15, 0.2) is 6.10 Å². The molecule has 0 aliphatic carbocycles. The van der Waals surface area contributed by atoms with Gasteiger partial charge in [0.25, 0.3) is 0 Å². The van der Waals surface area contributed by atoms with Crippen molar-refractivity contribution in [1.29, 1.82) is 0 Å². The number of carbonyl (C=O) groups is 1. The molecule has 0 spiro atoms. The number of hydrogen-bond acceptors (Lipinski definition) is 6. The van der Waals surface area contributed by atoms with Gasteiger partial charge in [-0.3, -0.25) is 9.36 Å². The summed E-state index contributed by atoms with van der Waals surface area (Å²) in [6.45, 7) is 7.05. The lowest BCUT2D eigenvalue weighted by Crippen LogP contribution is -2.11. The van der Waals surface area contributed by atoms with Crippen LogP contribution >= 0.6 is 0 Å². The Morgan fingerprint density at radius 1 is 1.19 bits per heavy atom. The van der Waals surface area contributed by atoms with Crippen LogP contribution in [0.1, 0.15) is 43.1 Å². The Bertz CT molecular complexity index is 1430. The zero-order valence-corrected chi connectivity index (χ0v) is 20.5. The zero-order chi connectivity index (χ0) is 25.2. The second-order valence-corrected chi connectivity index (χ2v) is 8.61. The summed E-state index contributed by atoms with van der Waals surface area (Å²) in [5.74, 6) is 0.148. The van der Waals surface area contributed by atoms with Crippen LogP contribution in [-0.4, -0.2) is 28.7 Å². The number of halogens is 1. The Balaban J connectivity index is 1.40. The molecule has 0 radical (unpaired) electrons. The number of aromatic nitrogens is 2. The number of hydrogen-bond donors (Lipinski definition) is 1. The van der Waals surface area contributed by atoms with E-state index in [4.69, 9.17) is 14.2 Å². The highest BCUT2D eigenvalue weighted by Crippen LogP contribution is 2.37. The van der Waals surface area contributed by atoms with Crippen LogP contribution in [0.5, 0.6) is 11.8 Å². The van der Waals surface area contributed by atoms with Crippen LogP contribution in [0.3, 0.4) is 0 Å². The van der Waals surface area contributed by atoms with Crippen molar-refractivity contribution >= 4 is 22.7 Å². The molecule has 0 fully saturated rings. The summed E-state index contributed by atoms with van der Waals surface area (Å²) in [4.78, 5) is 16.2. The number of imidazole rings is 1. The third kappa shape index (κ3) is 4.46. The number of benzene rings is 3. The van der Waals surface area contributed by atoms with E-state index in [0.29, 0.717) is 49.0 Å². The normalized spacial score (nSPS) is 14.4. The third-order valence-electron chi connectivity index (χ3n) is 6.31. The fraction of sp³-hybridized carbons (Fsp3) is 0.286. The van der Waals surface area contributed by atoms with Gasteiger partial charge in [-0.1, -0.05) is 19.1 Å². The maximum absolute atomic E-state index is 14.1. The van der Waals surface area contributed by atoms with Crippen molar-refractivity contribution in [2.24, 2.45) is 0 Å². The van der Waals surface area contributed by atoms with Gasteiger partial charge in [0.05, 0.1) is 23.3 Å². The molecule has 186 valence electrons. The molecular weight excluding hydrogens is 461 g/mol. The summed E-state index contributed by atoms with van der Waals surface area (Å²) in [5, 5.41) is 3.45. The minimum Gasteiger partial charge on any atom is -0.489 e. The highest BCUT2D eigenvalue weighted by Gasteiger charge is 2.27. The fourth-order valence-corrected chi connectivity index (χ4v) is 4.42. The second-order valence-electron chi connectivity index (χ2n) is 8.61. The van der Waals surface area contributed by atoms with E-state index < -0.39 is 0 Å². The first-order valence-corrected chi connectivity index (χ1v) is 12.1. The SMILES string of the molecule is CCOc1nc2ccc(F)cc2n1-c1cccc(CNc2ccc3c(c2)OC[C@H]3OC(=O)CC)c1C. The zero-order valence-electron chi connectivity index (χ0n) is 20.5. The lowest BCUT2D eigenvalue weighted by atomic mass is 10.1. The first kappa shape index (κ1) is 23.7. The van der Waals surface area contributed by atoms with E-state index in [1.54, 1.807) is 13.0 Å². The van der Waals surface area contributed by atoms with Crippen molar-refractivity contribution < 1.29 is 23.4 Å². The molecule has 0 amide bonds. The lowest BCUT2D eigenvalue weighted by molar-refractivity contribution is -0.149. The predicted molar refractivity (Wildman–Crippen MR) is 135 cm³/mol. The van der Waals surface area contributed by atoms with Gasteiger partial charge in [0, 0.05) is 36.3 Å². The number of ether oxygens (including phenoxy) is 3. The van der Waals surface area contributed by atoms with Crippen LogP contribution in [0.2, 0.25) is 0 Å². The molecule has 5 rings (SSSR count). The van der Waals surface area contributed by atoms with Crippen molar-refractivity contribution in [3.8, 4) is 17.4 Å². The number of anilines is 1. The molecule has 1 aromatic heterocycles. The average Bonchev–Trinajstić information content (AvgIpc) is 3.43. The van der Waals surface area contributed by atoms with Gasteiger partial charge in [0.2, 0.25) is 0 Å². The highest BCUT2D eigenvalue weighted by molar-refractivity contribution is 5.79. The third-order valence-corrected chi connectivity index (χ3v) is 6.31. The van der Waals surface area contributed by atoms with Crippen LogP contribution in [-0.2, 0) is 16.1 Å². The van der Waals surface area contributed by atoms with Gasteiger partial charge < -0.3 is 19.5 Å². The van der Waals surface area contributed by atoms with E-state index >= 15 is 0 Å². The minimum absolute atomic E-state index is 0.241. The Morgan fingerprint density at radius 2 is 2.06 bits per heavy atom. The summed E-state index contributed by atoms with van der Waals surface area (Å²) in [7, 11) is 0. The number of rotatable bonds is 8. The molecule has 0 bridgehead atoms. The maximum Gasteiger partial charge on any atom is 0.306 e. The van der Waals surface area contributed by atoms with E-state index in [2.05, 4.69) is 16.4 Å². The number of nitrogens with zero attached hydrogens (tertiary/aromatic N) is 2. The molecule has 3 aromatic carbocycles. The highest BCUT2D eigenvalue weighted by atomic mass is 19.1. The van der Waals surface area contributed by atoms with E-state index in [1.165, 1.54) is 12.1 Å². The van der Waals surface area contributed by atoms with Crippen molar-refractivity contribution in [1.82, 2.24) is 9.55 Å². The van der Waals surface area contributed by atoms with Crippen molar-refractivity contribution in [2.45, 2.75) is 39.8 Å². The molecule has 2 heterocycles. The van der Waals surface area contributed by atoms with Gasteiger partial charge >= 0.3 is 12.0 Å². The summed E-state index contributed by atoms with van der Waals surface area (Å²) in [5.41, 5.74) is 6.07. The van der Waals surface area contributed by atoms with Crippen LogP contribution in [0.4, 0.5) is 10.1 Å². The monoisotopic (exact) mass is 489 g/mol. The Morgan fingerprint density at radius 3 is 2.86 bits per heavy atom. The molecule has 4 aromatic rings. The Kier molecular flexibility index (Phi) is 6.50. The molecule has 1 aliphatic rings. The van der Waals surface area contributed by atoms with Crippen molar-refractivity contribution in [3.63, 3.8) is 0 Å². The maximum atomic E-state index is 14.1. The second kappa shape index (κ2) is 9.89. The smallest absolute Gasteiger partial charge is 0.306 e. The van der Waals surface area contributed by atoms with E-state index in [0.717, 1.165) is 28.1 Å². The van der Waals surface area contributed by atoms with Gasteiger partial charge in [-0.15, -0.1) is 0 Å². The summed E-state index contributed by atoms with van der Waals surface area (Å²) < 4.78 is 33.0. The van der Waals surface area contributed by atoms with Gasteiger partial charge in [-0.25, -0.2) is 4.39 Å². The van der Waals surface area contributed by atoms with Crippen LogP contribution in [0.15, 0.2) is 54.6 Å².